The fourth-order valence-corrected chi connectivity index (χ4v) is 9.68. The maximum Gasteiger partial charge on any atom is 0.255 e. The van der Waals surface area contributed by atoms with Crippen LogP contribution in [0.5, 0.6) is 0 Å². The number of halogens is 2. The highest BCUT2D eigenvalue weighted by Gasteiger charge is 2.39. The monoisotopic (exact) mass is 808 g/mol. The van der Waals surface area contributed by atoms with Crippen LogP contribution in [-0.2, 0) is 27.3 Å². The molecule has 4 saturated heterocycles. The summed E-state index contributed by atoms with van der Waals surface area (Å²) in [4.78, 5) is 66.9. The van der Waals surface area contributed by atoms with Crippen molar-refractivity contribution in [3.05, 3.63) is 93.5 Å². The van der Waals surface area contributed by atoms with Gasteiger partial charge in [0, 0.05) is 106 Å². The highest BCUT2D eigenvalue weighted by atomic mass is 35.5. The van der Waals surface area contributed by atoms with Gasteiger partial charge in [0.25, 0.3) is 5.91 Å². The van der Waals surface area contributed by atoms with Crippen LogP contribution in [0.2, 0.25) is 5.02 Å². The Bertz CT molecular complexity index is 2150. The summed E-state index contributed by atoms with van der Waals surface area (Å²) in [5.41, 5.74) is 5.25. The third-order valence-corrected chi connectivity index (χ3v) is 13.1. The topological polar surface area (TPSA) is 104 Å². The summed E-state index contributed by atoms with van der Waals surface area (Å²) < 4.78 is 15.6. The number of rotatable bonds is 8. The quantitative estimate of drug-likeness (QED) is 0.236. The van der Waals surface area contributed by atoms with Gasteiger partial charge in [-0.05, 0) is 92.6 Å². The third kappa shape index (κ3) is 8.09. The molecule has 58 heavy (non-hydrogen) atoms. The van der Waals surface area contributed by atoms with Crippen molar-refractivity contribution in [2.24, 2.45) is 5.92 Å². The molecule has 0 unspecified atom stereocenters. The van der Waals surface area contributed by atoms with Crippen molar-refractivity contribution in [3.63, 3.8) is 0 Å². The number of imide groups is 1. The smallest absolute Gasteiger partial charge is 0.255 e. The second-order valence-electron chi connectivity index (χ2n) is 16.6. The number of carbonyl (C=O) groups is 4. The number of amides is 4. The number of nitrogens with one attached hydrogen (secondary N) is 1. The second-order valence-corrected chi connectivity index (χ2v) is 17.0. The molecule has 0 radical (unpaired) electrons. The molecule has 1 N–H and O–H groups in total. The largest absolute Gasteiger partial charge is 0.369 e. The zero-order valence-corrected chi connectivity index (χ0v) is 33.9. The molecule has 8 rings (SSSR count). The van der Waals surface area contributed by atoms with Crippen LogP contribution in [0.3, 0.4) is 0 Å². The van der Waals surface area contributed by atoms with Gasteiger partial charge in [-0.25, -0.2) is 9.24 Å². The molecule has 5 aliphatic heterocycles. The van der Waals surface area contributed by atoms with E-state index in [1.165, 1.54) is 6.07 Å². The van der Waals surface area contributed by atoms with E-state index >= 15 is 4.39 Å². The van der Waals surface area contributed by atoms with Gasteiger partial charge >= 0.3 is 0 Å². The number of piperazine rings is 2. The summed E-state index contributed by atoms with van der Waals surface area (Å²) in [6, 6.07) is 16.0. The van der Waals surface area contributed by atoms with Crippen molar-refractivity contribution in [2.75, 3.05) is 73.6 Å². The van der Waals surface area contributed by atoms with Crippen molar-refractivity contribution in [1.82, 2.24) is 20.0 Å². The molecular weight excluding hydrogens is 759 g/mol. The van der Waals surface area contributed by atoms with Crippen LogP contribution in [0.15, 0.2) is 54.6 Å². The number of benzene rings is 3. The Morgan fingerprint density at radius 1 is 0.862 bits per heavy atom. The Morgan fingerprint density at radius 2 is 1.62 bits per heavy atom. The van der Waals surface area contributed by atoms with Crippen LogP contribution >= 0.6 is 11.6 Å². The number of anilines is 3. The average molecular weight is 809 g/mol. The lowest BCUT2D eigenvalue weighted by molar-refractivity contribution is -0.137. The first-order chi connectivity index (χ1) is 27.9. The minimum atomic E-state index is -0.615. The Hall–Kier alpha value is -5.19. The van der Waals surface area contributed by atoms with E-state index in [-0.39, 0.29) is 48.5 Å². The van der Waals surface area contributed by atoms with E-state index < -0.39 is 11.9 Å². The summed E-state index contributed by atoms with van der Waals surface area (Å²) in [6.07, 6.45) is 2.71. The standard InChI is InChI=1S/C44H50ClFN8O4/c1-28-25-53(29(2)24-52(28)34-6-8-38(47-3)36(45)23-34)42(56)21-31-4-9-39(37(46)20-31)51-14-12-30(13-15-51)26-49-16-18-50(19-17-49)33-5-7-35-32(22-33)27-54(44(35)58)40-10-11-41(55)48-43(40)57/h4-9,20,22-23,28-30,40H,10-19,21,24-27H2,1-2H3,(H,48,55,57)/t28-,29+,40-/m0/s1. The van der Waals surface area contributed by atoms with Crippen molar-refractivity contribution in [3.8, 4) is 0 Å². The SMILES string of the molecule is [C-]#[N+]c1ccc(N2C[C@@H](C)N(C(=O)Cc3ccc(N4CCC(CN5CCN(c6ccc7c(c6)CN([C@H]6CCC(=O)NC6=O)C7=O)CC5)CC4)c(F)c3)C[C@@H]2C)cc1Cl. The van der Waals surface area contributed by atoms with E-state index in [0.717, 1.165) is 75.6 Å². The zero-order valence-electron chi connectivity index (χ0n) is 33.1. The Kier molecular flexibility index (Phi) is 11.3. The zero-order chi connectivity index (χ0) is 40.7. The van der Waals surface area contributed by atoms with Gasteiger partial charge in [0.1, 0.15) is 11.9 Å². The predicted octanol–water partition coefficient (Wildman–Crippen LogP) is 5.50. The van der Waals surface area contributed by atoms with Crippen molar-refractivity contribution in [1.29, 1.82) is 0 Å². The molecule has 0 aliphatic carbocycles. The van der Waals surface area contributed by atoms with Crippen LogP contribution in [0.1, 0.15) is 61.0 Å². The average Bonchev–Trinajstić information content (AvgIpc) is 3.54. The molecule has 3 aromatic rings. The van der Waals surface area contributed by atoms with Crippen molar-refractivity contribution < 1.29 is 23.6 Å². The van der Waals surface area contributed by atoms with Crippen LogP contribution in [-0.4, -0.2) is 115 Å². The van der Waals surface area contributed by atoms with Crippen LogP contribution < -0.4 is 20.0 Å². The first kappa shape index (κ1) is 39.6. The molecule has 0 saturated carbocycles. The third-order valence-electron chi connectivity index (χ3n) is 12.8. The molecule has 3 aromatic carbocycles. The molecule has 0 aromatic heterocycles. The van der Waals surface area contributed by atoms with Crippen molar-refractivity contribution in [2.45, 2.75) is 70.6 Å². The summed E-state index contributed by atoms with van der Waals surface area (Å²) in [6.45, 7) is 19.1. The Balaban J connectivity index is 0.784. The molecule has 3 atom stereocenters. The number of piperidine rings is 2. The minimum absolute atomic E-state index is 0.0173. The van der Waals surface area contributed by atoms with Gasteiger partial charge in [-0.2, -0.15) is 0 Å². The molecule has 0 spiro atoms. The lowest BCUT2D eigenvalue weighted by Crippen LogP contribution is -2.58. The summed E-state index contributed by atoms with van der Waals surface area (Å²) in [5.74, 6) is -0.608. The van der Waals surface area contributed by atoms with Gasteiger partial charge in [0.05, 0.1) is 18.7 Å². The van der Waals surface area contributed by atoms with E-state index in [9.17, 15) is 19.2 Å². The van der Waals surface area contributed by atoms with E-state index in [2.05, 4.69) is 42.8 Å². The molecule has 12 nitrogen and oxygen atoms in total. The Labute approximate surface area is 344 Å². The first-order valence-electron chi connectivity index (χ1n) is 20.5. The molecular formula is C44H50ClFN8O4. The molecule has 14 heteroatoms. The van der Waals surface area contributed by atoms with Gasteiger partial charge in [0.2, 0.25) is 23.4 Å². The van der Waals surface area contributed by atoms with Gasteiger partial charge < -0.3 is 24.5 Å². The normalized spacial score (nSPS) is 23.3. The van der Waals surface area contributed by atoms with E-state index in [4.69, 9.17) is 18.2 Å². The van der Waals surface area contributed by atoms with E-state index in [0.29, 0.717) is 59.5 Å². The van der Waals surface area contributed by atoms with Crippen LogP contribution in [0, 0.1) is 18.3 Å². The summed E-state index contributed by atoms with van der Waals surface area (Å²) in [7, 11) is 0. The molecule has 0 bridgehead atoms. The fourth-order valence-electron chi connectivity index (χ4n) is 9.46. The molecule has 5 aliphatic rings. The van der Waals surface area contributed by atoms with Gasteiger partial charge in [-0.15, -0.1) is 0 Å². The lowest BCUT2D eigenvalue weighted by atomic mass is 9.95. The highest BCUT2D eigenvalue weighted by molar-refractivity contribution is 6.33. The highest BCUT2D eigenvalue weighted by Crippen LogP contribution is 2.34. The molecule has 4 fully saturated rings. The summed E-state index contributed by atoms with van der Waals surface area (Å²) in [5, 5.41) is 2.79. The van der Waals surface area contributed by atoms with E-state index in [1.807, 2.05) is 48.2 Å². The number of nitrogens with zero attached hydrogens (tertiary/aromatic N) is 7. The van der Waals surface area contributed by atoms with Crippen LogP contribution in [0.4, 0.5) is 27.1 Å². The number of hydrogen-bond donors (Lipinski definition) is 1. The second kappa shape index (κ2) is 16.6. The molecule has 5 heterocycles. The van der Waals surface area contributed by atoms with Gasteiger partial charge in [-0.1, -0.05) is 23.7 Å². The van der Waals surface area contributed by atoms with Gasteiger partial charge in [0.15, 0.2) is 0 Å². The Morgan fingerprint density at radius 3 is 2.33 bits per heavy atom. The predicted molar refractivity (Wildman–Crippen MR) is 222 cm³/mol. The van der Waals surface area contributed by atoms with Crippen LogP contribution in [0.25, 0.3) is 4.85 Å². The minimum Gasteiger partial charge on any atom is -0.369 e. The first-order valence-corrected chi connectivity index (χ1v) is 20.8. The number of carbonyl (C=O) groups excluding carboxylic acids is 4. The molecule has 304 valence electrons. The maximum atomic E-state index is 15.6. The fraction of sp³-hybridized carbons (Fsp3) is 0.477. The number of fused-ring (bicyclic) bond motifs is 1. The number of hydrogen-bond acceptors (Lipinski definition) is 8. The van der Waals surface area contributed by atoms with E-state index in [1.54, 1.807) is 11.0 Å². The summed E-state index contributed by atoms with van der Waals surface area (Å²) >= 11 is 6.31. The van der Waals surface area contributed by atoms with Crippen molar-refractivity contribution >= 4 is 58.0 Å². The molecule has 4 amide bonds. The lowest BCUT2D eigenvalue weighted by Gasteiger charge is -2.45. The van der Waals surface area contributed by atoms with Gasteiger partial charge in [-0.3, -0.25) is 29.4 Å². The maximum absolute atomic E-state index is 15.6.